The van der Waals surface area contributed by atoms with Crippen LogP contribution in [0.3, 0.4) is 0 Å². The molecule has 7 heteroatoms. The maximum Gasteiger partial charge on any atom is 0.263 e. The molecule has 0 amide bonds. The molecule has 3 aromatic rings. The third kappa shape index (κ3) is 2.54. The Hall–Kier alpha value is -2.83. The molecule has 3 heterocycles. The van der Waals surface area contributed by atoms with Gasteiger partial charge < -0.3 is 19.3 Å². The molecule has 1 aliphatic heterocycles. The average Bonchev–Trinajstić information content (AvgIpc) is 2.93. The summed E-state index contributed by atoms with van der Waals surface area (Å²) in [6, 6.07) is 7.65. The number of nitrogens with one attached hydrogen (secondary N) is 1. The van der Waals surface area contributed by atoms with Crippen LogP contribution in [0, 0.1) is 13.8 Å². The standard InChI is InChI=1S/C16H16N4O3/c1-9-14-15(18-10(2)19-16(14)23-20-9)17-7-11-8-21-12-5-3-4-6-13(12)22-11/h3-6,11H,7-8H2,1-2H3,(H,17,18,19)/t11-/m0/s1. The summed E-state index contributed by atoms with van der Waals surface area (Å²) < 4.78 is 16.9. The average molecular weight is 312 g/mol. The van der Waals surface area contributed by atoms with Crippen LogP contribution in [0.1, 0.15) is 11.5 Å². The topological polar surface area (TPSA) is 82.3 Å². The second-order valence-corrected chi connectivity index (χ2v) is 5.45. The van der Waals surface area contributed by atoms with Gasteiger partial charge in [0.2, 0.25) is 0 Å². The Morgan fingerprint density at radius 3 is 2.87 bits per heavy atom. The summed E-state index contributed by atoms with van der Waals surface area (Å²) in [4.78, 5) is 8.69. The molecule has 2 aromatic heterocycles. The first-order valence-corrected chi connectivity index (χ1v) is 7.43. The number of hydrogen-bond donors (Lipinski definition) is 1. The second-order valence-electron chi connectivity index (χ2n) is 5.45. The summed E-state index contributed by atoms with van der Waals surface area (Å²) >= 11 is 0. The number of rotatable bonds is 3. The van der Waals surface area contributed by atoms with E-state index in [1.54, 1.807) is 0 Å². The van der Waals surface area contributed by atoms with Crippen LogP contribution >= 0.6 is 0 Å². The highest BCUT2D eigenvalue weighted by Crippen LogP contribution is 2.31. The first-order valence-electron chi connectivity index (χ1n) is 7.43. The maximum absolute atomic E-state index is 5.94. The molecule has 0 bridgehead atoms. The minimum atomic E-state index is -0.101. The Bertz CT molecular complexity index is 862. The van der Waals surface area contributed by atoms with Crippen LogP contribution in [0.25, 0.3) is 11.1 Å². The lowest BCUT2D eigenvalue weighted by molar-refractivity contribution is 0.0997. The van der Waals surface area contributed by atoms with Crippen LogP contribution in [0.2, 0.25) is 0 Å². The Morgan fingerprint density at radius 1 is 1.17 bits per heavy atom. The van der Waals surface area contributed by atoms with Gasteiger partial charge in [0.05, 0.1) is 12.2 Å². The molecule has 1 N–H and O–H groups in total. The van der Waals surface area contributed by atoms with Gasteiger partial charge in [-0.15, -0.1) is 0 Å². The highest BCUT2D eigenvalue weighted by Gasteiger charge is 2.21. The Kier molecular flexibility index (Phi) is 3.25. The van der Waals surface area contributed by atoms with E-state index in [0.29, 0.717) is 30.5 Å². The highest BCUT2D eigenvalue weighted by molar-refractivity contribution is 5.87. The molecule has 118 valence electrons. The van der Waals surface area contributed by atoms with Crippen molar-refractivity contribution in [2.24, 2.45) is 0 Å². The van der Waals surface area contributed by atoms with Crippen LogP contribution in [0.15, 0.2) is 28.8 Å². The monoisotopic (exact) mass is 312 g/mol. The molecule has 1 atom stereocenters. The first kappa shape index (κ1) is 13.8. The number of benzene rings is 1. The van der Waals surface area contributed by atoms with Gasteiger partial charge in [0.15, 0.2) is 11.5 Å². The zero-order valence-corrected chi connectivity index (χ0v) is 12.9. The van der Waals surface area contributed by atoms with Crippen molar-refractivity contribution in [1.82, 2.24) is 15.1 Å². The molecule has 1 aromatic carbocycles. The summed E-state index contributed by atoms with van der Waals surface area (Å²) in [5.74, 6) is 2.87. The summed E-state index contributed by atoms with van der Waals surface area (Å²) in [7, 11) is 0. The highest BCUT2D eigenvalue weighted by atomic mass is 16.6. The first-order chi connectivity index (χ1) is 11.2. The van der Waals surface area contributed by atoms with Crippen molar-refractivity contribution in [2.75, 3.05) is 18.5 Å². The third-order valence-corrected chi connectivity index (χ3v) is 3.68. The van der Waals surface area contributed by atoms with Crippen LogP contribution in [0.4, 0.5) is 5.82 Å². The van der Waals surface area contributed by atoms with Crippen molar-refractivity contribution in [3.63, 3.8) is 0 Å². The van der Waals surface area contributed by atoms with Crippen molar-refractivity contribution in [2.45, 2.75) is 20.0 Å². The summed E-state index contributed by atoms with van der Waals surface area (Å²) in [6.07, 6.45) is -0.101. The molecule has 23 heavy (non-hydrogen) atoms. The predicted octanol–water partition coefficient (Wildman–Crippen LogP) is 2.49. The van der Waals surface area contributed by atoms with Crippen LogP contribution in [0.5, 0.6) is 11.5 Å². The van der Waals surface area contributed by atoms with Crippen molar-refractivity contribution in [3.8, 4) is 11.5 Å². The fourth-order valence-corrected chi connectivity index (χ4v) is 2.60. The van der Waals surface area contributed by atoms with Gasteiger partial charge in [-0.1, -0.05) is 17.3 Å². The fourth-order valence-electron chi connectivity index (χ4n) is 2.60. The van der Waals surface area contributed by atoms with Crippen LogP contribution < -0.4 is 14.8 Å². The van der Waals surface area contributed by atoms with E-state index in [0.717, 1.165) is 22.6 Å². The van der Waals surface area contributed by atoms with Crippen molar-refractivity contribution in [3.05, 3.63) is 35.8 Å². The number of aromatic nitrogens is 3. The van der Waals surface area contributed by atoms with Gasteiger partial charge in [-0.05, 0) is 26.0 Å². The molecule has 0 saturated heterocycles. The molecule has 4 rings (SSSR count). The number of hydrogen-bond acceptors (Lipinski definition) is 7. The minimum Gasteiger partial charge on any atom is -0.486 e. The molecule has 0 aliphatic carbocycles. The van der Waals surface area contributed by atoms with Crippen molar-refractivity contribution < 1.29 is 14.0 Å². The SMILES string of the molecule is Cc1nc(NC[C@H]2COc3ccccc3O2)c2c(C)noc2n1. The van der Waals surface area contributed by atoms with E-state index in [4.69, 9.17) is 14.0 Å². The number of anilines is 1. The van der Waals surface area contributed by atoms with E-state index in [2.05, 4.69) is 20.4 Å². The fraction of sp³-hybridized carbons (Fsp3) is 0.312. The van der Waals surface area contributed by atoms with E-state index in [1.807, 2.05) is 38.1 Å². The maximum atomic E-state index is 5.94. The molecule has 0 saturated carbocycles. The molecular weight excluding hydrogens is 296 g/mol. The Morgan fingerprint density at radius 2 is 2.00 bits per heavy atom. The number of fused-ring (bicyclic) bond motifs is 2. The molecule has 7 nitrogen and oxygen atoms in total. The number of nitrogens with zero attached hydrogens (tertiary/aromatic N) is 3. The van der Waals surface area contributed by atoms with Gasteiger partial charge in [-0.25, -0.2) is 4.98 Å². The summed E-state index contributed by atoms with van der Waals surface area (Å²) in [5.41, 5.74) is 1.25. The quantitative estimate of drug-likeness (QED) is 0.795. The van der Waals surface area contributed by atoms with E-state index in [1.165, 1.54) is 0 Å². The zero-order chi connectivity index (χ0) is 15.8. The molecule has 0 unspecified atom stereocenters. The molecule has 0 radical (unpaired) electrons. The summed E-state index contributed by atoms with van der Waals surface area (Å²) in [6.45, 7) is 4.73. The van der Waals surface area contributed by atoms with Gasteiger partial charge >= 0.3 is 0 Å². The van der Waals surface area contributed by atoms with Gasteiger partial charge in [0, 0.05) is 0 Å². The van der Waals surface area contributed by atoms with Gasteiger partial charge in [-0.2, -0.15) is 4.98 Å². The predicted molar refractivity (Wildman–Crippen MR) is 83.9 cm³/mol. The van der Waals surface area contributed by atoms with Crippen molar-refractivity contribution >= 4 is 16.9 Å². The molecular formula is C16H16N4O3. The van der Waals surface area contributed by atoms with Gasteiger partial charge in [-0.3, -0.25) is 0 Å². The van der Waals surface area contributed by atoms with E-state index >= 15 is 0 Å². The molecule has 0 spiro atoms. The van der Waals surface area contributed by atoms with E-state index in [9.17, 15) is 0 Å². The Balaban J connectivity index is 1.53. The van der Waals surface area contributed by atoms with E-state index in [-0.39, 0.29) is 6.10 Å². The van der Waals surface area contributed by atoms with Gasteiger partial charge in [0.1, 0.15) is 29.7 Å². The Labute approximate surface area is 132 Å². The zero-order valence-electron chi connectivity index (χ0n) is 12.9. The number of para-hydroxylation sites is 2. The molecule has 1 aliphatic rings. The lowest BCUT2D eigenvalue weighted by Gasteiger charge is -2.26. The largest absolute Gasteiger partial charge is 0.486 e. The van der Waals surface area contributed by atoms with Crippen LogP contribution in [-0.4, -0.2) is 34.4 Å². The van der Waals surface area contributed by atoms with Gasteiger partial charge in [0.25, 0.3) is 5.71 Å². The van der Waals surface area contributed by atoms with Crippen LogP contribution in [-0.2, 0) is 0 Å². The third-order valence-electron chi connectivity index (χ3n) is 3.68. The smallest absolute Gasteiger partial charge is 0.263 e. The number of ether oxygens (including phenoxy) is 2. The summed E-state index contributed by atoms with van der Waals surface area (Å²) in [5, 5.41) is 8.05. The van der Waals surface area contributed by atoms with Crippen molar-refractivity contribution in [1.29, 1.82) is 0 Å². The van der Waals surface area contributed by atoms with E-state index < -0.39 is 0 Å². The normalized spacial score (nSPS) is 16.5. The molecule has 0 fully saturated rings. The lowest BCUT2D eigenvalue weighted by Crippen LogP contribution is -2.35. The minimum absolute atomic E-state index is 0.101. The second kappa shape index (κ2) is 5.42. The number of aryl methyl sites for hydroxylation is 2. The lowest BCUT2D eigenvalue weighted by atomic mass is 10.2.